The molecule has 2 bridgehead atoms. The van der Waals surface area contributed by atoms with Gasteiger partial charge in [-0.05, 0) is 49.9 Å². The topological polar surface area (TPSA) is 75.2 Å². The minimum Gasteiger partial charge on any atom is -0.351 e. The predicted molar refractivity (Wildman–Crippen MR) is 119 cm³/mol. The van der Waals surface area contributed by atoms with Crippen molar-refractivity contribution in [3.05, 3.63) is 48.5 Å². The molecular weight excluding hydrogens is 477 g/mol. The Kier molecular flexibility index (Phi) is 6.34. The van der Waals surface area contributed by atoms with Gasteiger partial charge in [-0.3, -0.25) is 14.5 Å². The van der Waals surface area contributed by atoms with Crippen molar-refractivity contribution >= 4 is 41.7 Å². The van der Waals surface area contributed by atoms with Crippen LogP contribution in [0.3, 0.4) is 0 Å². The van der Waals surface area contributed by atoms with Crippen LogP contribution in [0.15, 0.2) is 47.9 Å². The Bertz CT molecular complexity index is 1040. The van der Waals surface area contributed by atoms with E-state index in [-0.39, 0.29) is 30.0 Å². The number of anilines is 1. The molecule has 0 spiro atoms. The summed E-state index contributed by atoms with van der Waals surface area (Å²) in [6.07, 6.45) is 4.10. The van der Waals surface area contributed by atoms with Crippen molar-refractivity contribution < 1.29 is 22.8 Å². The maximum atomic E-state index is 14.1. The number of alkyl halides is 4. The lowest BCUT2D eigenvalue weighted by Gasteiger charge is -2.41. The molecule has 176 valence electrons. The Labute approximate surface area is 199 Å². The number of hydrogen-bond donors (Lipinski definition) is 2. The lowest BCUT2D eigenvalue weighted by Crippen LogP contribution is -2.60. The van der Waals surface area contributed by atoms with E-state index in [9.17, 15) is 22.8 Å². The molecule has 1 aromatic heterocycles. The second-order valence-corrected chi connectivity index (χ2v) is 9.56. The summed E-state index contributed by atoms with van der Waals surface area (Å²) < 4.78 is 42.1. The Morgan fingerprint density at radius 3 is 2.39 bits per heavy atom. The van der Waals surface area contributed by atoms with Crippen LogP contribution in [-0.4, -0.2) is 39.4 Å². The fraction of sp³-hybridized carbons (Fsp3) is 0.455. The largest absolute Gasteiger partial charge is 0.351 e. The third kappa shape index (κ3) is 4.30. The molecule has 0 radical (unpaired) electrons. The quantitative estimate of drug-likeness (QED) is 0.464. The van der Waals surface area contributed by atoms with Gasteiger partial charge < -0.3 is 5.32 Å². The van der Waals surface area contributed by atoms with Crippen LogP contribution in [0.4, 0.5) is 18.9 Å². The van der Waals surface area contributed by atoms with E-state index in [4.69, 9.17) is 11.6 Å². The van der Waals surface area contributed by atoms with E-state index in [1.165, 1.54) is 37.8 Å². The zero-order chi connectivity index (χ0) is 24.0. The molecular formula is C22H22ClF3N4O2S. The molecule has 2 aromatic rings. The molecule has 2 aliphatic rings. The van der Waals surface area contributed by atoms with Gasteiger partial charge in [0.05, 0.1) is 0 Å². The van der Waals surface area contributed by atoms with E-state index >= 15 is 0 Å². The second kappa shape index (κ2) is 8.79. The monoisotopic (exact) mass is 498 g/mol. The van der Waals surface area contributed by atoms with Crippen molar-refractivity contribution in [1.82, 2.24) is 15.3 Å². The van der Waals surface area contributed by atoms with Gasteiger partial charge in [0.15, 0.2) is 5.54 Å². The molecule has 2 fully saturated rings. The van der Waals surface area contributed by atoms with Gasteiger partial charge in [0.2, 0.25) is 0 Å². The summed E-state index contributed by atoms with van der Waals surface area (Å²) in [6.45, 7) is 1.43. The minimum atomic E-state index is -2.74. The Balaban J connectivity index is 1.75. The number of halogens is 4. The summed E-state index contributed by atoms with van der Waals surface area (Å²) in [7, 11) is 0. The molecule has 1 N–H and O–H groups in total. The predicted octanol–water partition coefficient (Wildman–Crippen LogP) is 4.10. The first-order valence-electron chi connectivity index (χ1n) is 10.4. The fourth-order valence-electron chi connectivity index (χ4n) is 4.91. The zero-order valence-corrected chi connectivity index (χ0v) is 19.2. The highest BCUT2D eigenvalue weighted by molar-refractivity contribution is 7.80. The van der Waals surface area contributed by atoms with E-state index in [2.05, 4.69) is 27.9 Å². The van der Waals surface area contributed by atoms with Crippen LogP contribution >= 0.6 is 24.2 Å². The molecule has 1 unspecified atom stereocenters. The molecule has 4 rings (SSSR count). The Morgan fingerprint density at radius 1 is 1.24 bits per heavy atom. The maximum absolute atomic E-state index is 14.1. The molecule has 2 amide bonds. The molecule has 2 aliphatic carbocycles. The number of amides is 2. The molecule has 11 heteroatoms. The van der Waals surface area contributed by atoms with E-state index < -0.39 is 40.9 Å². The standard InChI is InChI=1S/C22H22ClF3N4O2S/c1-21(14-9-27-11-28-10-14,20(32)29-17-7-13-6-12(17)8-22(13,25)26)30(19(31)18(23)24)15-2-4-16(33)5-3-15/h2-5,9-13,17-18,33H,6-8H2,1H3,(H,29,32)/t12?,13-,17-,18-,21+/m0/s1. The Morgan fingerprint density at radius 2 is 1.88 bits per heavy atom. The number of fused-ring (bicyclic) bond motifs is 2. The van der Waals surface area contributed by atoms with Crippen LogP contribution in [0.1, 0.15) is 31.7 Å². The molecule has 0 aliphatic heterocycles. The summed E-state index contributed by atoms with van der Waals surface area (Å²) >= 11 is 9.76. The minimum absolute atomic E-state index is 0.133. The van der Waals surface area contributed by atoms with E-state index in [1.807, 2.05) is 0 Å². The van der Waals surface area contributed by atoms with Crippen LogP contribution in [0.25, 0.3) is 0 Å². The van der Waals surface area contributed by atoms with Crippen molar-refractivity contribution in [3.8, 4) is 0 Å². The van der Waals surface area contributed by atoms with Crippen molar-refractivity contribution in [3.63, 3.8) is 0 Å². The third-order valence-corrected chi connectivity index (χ3v) is 7.15. The first-order valence-corrected chi connectivity index (χ1v) is 11.3. The lowest BCUT2D eigenvalue weighted by molar-refractivity contribution is -0.132. The number of rotatable bonds is 6. The normalized spacial score (nSPS) is 25.8. The molecule has 6 nitrogen and oxygen atoms in total. The van der Waals surface area contributed by atoms with Gasteiger partial charge in [-0.2, -0.15) is 0 Å². The molecule has 33 heavy (non-hydrogen) atoms. The SMILES string of the molecule is C[C@](C(=O)N[C@H]1C[C@@H]2CC1CC2(F)F)(c1cncnc1)N(C(=O)[C@H](F)Cl)c1ccc(S)cc1. The average molecular weight is 499 g/mol. The first kappa shape index (κ1) is 23.8. The number of thiol groups is 1. The van der Waals surface area contributed by atoms with E-state index in [0.29, 0.717) is 11.3 Å². The summed E-state index contributed by atoms with van der Waals surface area (Å²) in [6, 6.07) is 5.69. The fourth-order valence-corrected chi connectivity index (χ4v) is 5.16. The molecule has 2 saturated carbocycles. The van der Waals surface area contributed by atoms with Crippen molar-refractivity contribution in [2.24, 2.45) is 11.8 Å². The summed E-state index contributed by atoms with van der Waals surface area (Å²) in [5.74, 6) is -5.74. The van der Waals surface area contributed by atoms with E-state index in [1.54, 1.807) is 12.1 Å². The number of carbonyl (C=O) groups is 2. The van der Waals surface area contributed by atoms with Gasteiger partial charge in [-0.25, -0.2) is 23.1 Å². The van der Waals surface area contributed by atoms with Crippen molar-refractivity contribution in [2.45, 2.75) is 54.2 Å². The van der Waals surface area contributed by atoms with Crippen LogP contribution < -0.4 is 10.2 Å². The number of benzene rings is 1. The number of nitrogens with zero attached hydrogens (tertiary/aromatic N) is 3. The van der Waals surface area contributed by atoms with Gasteiger partial charge in [-0.15, -0.1) is 12.6 Å². The summed E-state index contributed by atoms with van der Waals surface area (Å²) in [5, 5.41) is 2.84. The second-order valence-electron chi connectivity index (χ2n) is 8.66. The van der Waals surface area contributed by atoms with Crippen LogP contribution in [0.5, 0.6) is 0 Å². The number of nitrogens with one attached hydrogen (secondary N) is 1. The van der Waals surface area contributed by atoms with Gasteiger partial charge in [0, 0.05) is 46.9 Å². The van der Waals surface area contributed by atoms with Gasteiger partial charge >= 0.3 is 0 Å². The van der Waals surface area contributed by atoms with Gasteiger partial charge in [0.1, 0.15) is 6.33 Å². The lowest BCUT2D eigenvalue weighted by atomic mass is 9.87. The molecule has 1 heterocycles. The molecule has 1 aromatic carbocycles. The molecule has 5 atom stereocenters. The zero-order valence-electron chi connectivity index (χ0n) is 17.6. The number of hydrogen-bond acceptors (Lipinski definition) is 5. The third-order valence-electron chi connectivity index (χ3n) is 6.67. The van der Waals surface area contributed by atoms with Gasteiger partial charge in [0.25, 0.3) is 23.4 Å². The highest BCUT2D eigenvalue weighted by Crippen LogP contribution is 2.53. The van der Waals surface area contributed by atoms with Crippen LogP contribution in [0.2, 0.25) is 0 Å². The summed E-state index contributed by atoms with van der Waals surface area (Å²) in [4.78, 5) is 36.2. The van der Waals surface area contributed by atoms with Crippen molar-refractivity contribution in [1.29, 1.82) is 0 Å². The van der Waals surface area contributed by atoms with Gasteiger partial charge in [-0.1, -0.05) is 11.6 Å². The van der Waals surface area contributed by atoms with E-state index in [0.717, 1.165) is 4.90 Å². The highest BCUT2D eigenvalue weighted by Gasteiger charge is 2.58. The maximum Gasteiger partial charge on any atom is 0.278 e. The smallest absolute Gasteiger partial charge is 0.278 e. The summed E-state index contributed by atoms with van der Waals surface area (Å²) in [5.41, 5.74) is -3.85. The highest BCUT2D eigenvalue weighted by atomic mass is 35.5. The molecule has 0 saturated heterocycles. The number of aromatic nitrogens is 2. The average Bonchev–Trinajstić information content (AvgIpc) is 3.31. The van der Waals surface area contributed by atoms with Crippen molar-refractivity contribution in [2.75, 3.05) is 4.90 Å². The number of carbonyl (C=O) groups excluding carboxylic acids is 2. The van der Waals surface area contributed by atoms with Crippen LogP contribution in [0, 0.1) is 11.8 Å². The van der Waals surface area contributed by atoms with Crippen LogP contribution in [-0.2, 0) is 15.1 Å². The first-order chi connectivity index (χ1) is 15.5. The Hall–Kier alpha value is -2.33.